The average molecular weight is 309 g/mol. The smallest absolute Gasteiger partial charge is 0.270 e. The minimum atomic E-state index is -0.207. The molecule has 0 aliphatic heterocycles. The summed E-state index contributed by atoms with van der Waals surface area (Å²) in [6.45, 7) is 2.24. The van der Waals surface area contributed by atoms with Gasteiger partial charge >= 0.3 is 0 Å². The standard InChI is InChI=1S/C18H19N3O2/c1-12-4-2-7-16(20-12)18(23)19-11-13-5-3-6-15(10-13)21-17(22)14-8-9-14/h2-7,10,14H,8-9,11H2,1H3,(H,19,23)(H,21,22). The van der Waals surface area contributed by atoms with Crippen LogP contribution in [0.15, 0.2) is 42.5 Å². The number of benzene rings is 1. The van der Waals surface area contributed by atoms with Crippen molar-refractivity contribution in [2.75, 3.05) is 5.32 Å². The fourth-order valence-electron chi connectivity index (χ4n) is 2.29. The minimum absolute atomic E-state index is 0.0788. The van der Waals surface area contributed by atoms with E-state index in [0.29, 0.717) is 12.2 Å². The summed E-state index contributed by atoms with van der Waals surface area (Å²) in [4.78, 5) is 28.1. The fraction of sp³-hybridized carbons (Fsp3) is 0.278. The predicted molar refractivity (Wildman–Crippen MR) is 87.9 cm³/mol. The van der Waals surface area contributed by atoms with E-state index in [-0.39, 0.29) is 17.7 Å². The number of aryl methyl sites for hydroxylation is 1. The van der Waals surface area contributed by atoms with Crippen molar-refractivity contribution >= 4 is 17.5 Å². The van der Waals surface area contributed by atoms with E-state index in [0.717, 1.165) is 29.8 Å². The minimum Gasteiger partial charge on any atom is -0.347 e. The summed E-state index contributed by atoms with van der Waals surface area (Å²) in [7, 11) is 0. The van der Waals surface area contributed by atoms with Gasteiger partial charge in [-0.25, -0.2) is 4.98 Å². The van der Waals surface area contributed by atoms with Crippen LogP contribution in [0.2, 0.25) is 0 Å². The summed E-state index contributed by atoms with van der Waals surface area (Å²) < 4.78 is 0. The third-order valence-electron chi connectivity index (χ3n) is 3.72. The molecule has 0 spiro atoms. The Morgan fingerprint density at radius 3 is 2.70 bits per heavy atom. The lowest BCUT2D eigenvalue weighted by Crippen LogP contribution is -2.24. The van der Waals surface area contributed by atoms with Gasteiger partial charge in [0.25, 0.3) is 5.91 Å². The van der Waals surface area contributed by atoms with Crippen LogP contribution in [0.25, 0.3) is 0 Å². The van der Waals surface area contributed by atoms with E-state index in [4.69, 9.17) is 0 Å². The van der Waals surface area contributed by atoms with Gasteiger partial charge in [-0.3, -0.25) is 9.59 Å². The topological polar surface area (TPSA) is 71.1 Å². The van der Waals surface area contributed by atoms with Crippen molar-refractivity contribution in [1.82, 2.24) is 10.3 Å². The van der Waals surface area contributed by atoms with Gasteiger partial charge in [-0.15, -0.1) is 0 Å². The molecule has 0 atom stereocenters. The molecule has 1 aromatic heterocycles. The number of hydrogen-bond donors (Lipinski definition) is 2. The molecule has 0 saturated heterocycles. The normalized spacial score (nSPS) is 13.4. The second-order valence-corrected chi connectivity index (χ2v) is 5.81. The molecule has 3 rings (SSSR count). The van der Waals surface area contributed by atoms with E-state index in [2.05, 4.69) is 15.6 Å². The average Bonchev–Trinajstić information content (AvgIpc) is 3.38. The zero-order valence-corrected chi connectivity index (χ0v) is 13.0. The zero-order valence-electron chi connectivity index (χ0n) is 13.0. The van der Waals surface area contributed by atoms with Crippen molar-refractivity contribution in [3.05, 3.63) is 59.4 Å². The molecule has 118 valence electrons. The van der Waals surface area contributed by atoms with E-state index in [1.165, 1.54) is 0 Å². The van der Waals surface area contributed by atoms with Crippen molar-refractivity contribution in [3.63, 3.8) is 0 Å². The van der Waals surface area contributed by atoms with Crippen LogP contribution in [0.4, 0.5) is 5.69 Å². The maximum Gasteiger partial charge on any atom is 0.270 e. The molecule has 1 fully saturated rings. The van der Waals surface area contributed by atoms with Crippen LogP contribution in [-0.2, 0) is 11.3 Å². The molecule has 5 heteroatoms. The number of carbonyl (C=O) groups excluding carboxylic acids is 2. The van der Waals surface area contributed by atoms with Gasteiger partial charge in [0.05, 0.1) is 0 Å². The van der Waals surface area contributed by atoms with Gasteiger partial charge in [0.2, 0.25) is 5.91 Å². The predicted octanol–water partition coefficient (Wildman–Crippen LogP) is 2.67. The second kappa shape index (κ2) is 6.60. The molecule has 23 heavy (non-hydrogen) atoms. The molecule has 2 aromatic rings. The Bertz CT molecular complexity index is 739. The Morgan fingerprint density at radius 1 is 1.17 bits per heavy atom. The van der Waals surface area contributed by atoms with Crippen molar-refractivity contribution in [2.24, 2.45) is 5.92 Å². The summed E-state index contributed by atoms with van der Waals surface area (Å²) in [5.74, 6) is 0.0435. The van der Waals surface area contributed by atoms with Gasteiger partial charge in [0.15, 0.2) is 0 Å². The molecule has 1 aliphatic rings. The number of nitrogens with zero attached hydrogens (tertiary/aromatic N) is 1. The quantitative estimate of drug-likeness (QED) is 0.892. The van der Waals surface area contributed by atoms with Gasteiger partial charge in [-0.2, -0.15) is 0 Å². The zero-order chi connectivity index (χ0) is 16.2. The molecular weight excluding hydrogens is 290 g/mol. The molecule has 1 aromatic carbocycles. The molecule has 2 amide bonds. The monoisotopic (exact) mass is 309 g/mol. The van der Waals surface area contributed by atoms with Crippen molar-refractivity contribution in [3.8, 4) is 0 Å². The third kappa shape index (κ3) is 4.16. The second-order valence-electron chi connectivity index (χ2n) is 5.81. The maximum absolute atomic E-state index is 12.1. The molecule has 1 saturated carbocycles. The molecular formula is C18H19N3O2. The van der Waals surface area contributed by atoms with E-state index in [1.54, 1.807) is 6.07 Å². The summed E-state index contributed by atoms with van der Waals surface area (Å²) in [6.07, 6.45) is 1.95. The highest BCUT2D eigenvalue weighted by Crippen LogP contribution is 2.30. The van der Waals surface area contributed by atoms with Crippen molar-refractivity contribution in [1.29, 1.82) is 0 Å². The molecule has 1 aliphatic carbocycles. The Hall–Kier alpha value is -2.69. The number of pyridine rings is 1. The lowest BCUT2D eigenvalue weighted by atomic mass is 10.2. The van der Waals surface area contributed by atoms with Crippen LogP contribution < -0.4 is 10.6 Å². The number of aromatic nitrogens is 1. The number of carbonyl (C=O) groups is 2. The van der Waals surface area contributed by atoms with Crippen LogP contribution in [-0.4, -0.2) is 16.8 Å². The molecule has 5 nitrogen and oxygen atoms in total. The lowest BCUT2D eigenvalue weighted by Gasteiger charge is -2.08. The van der Waals surface area contributed by atoms with Crippen LogP contribution >= 0.6 is 0 Å². The Morgan fingerprint density at radius 2 is 1.96 bits per heavy atom. The van der Waals surface area contributed by atoms with Gasteiger partial charge < -0.3 is 10.6 Å². The summed E-state index contributed by atoms with van der Waals surface area (Å²) >= 11 is 0. The van der Waals surface area contributed by atoms with Crippen molar-refractivity contribution < 1.29 is 9.59 Å². The molecule has 0 radical (unpaired) electrons. The summed E-state index contributed by atoms with van der Waals surface area (Å²) in [5, 5.41) is 5.75. The van der Waals surface area contributed by atoms with Gasteiger partial charge in [0, 0.05) is 23.8 Å². The highest BCUT2D eigenvalue weighted by Gasteiger charge is 2.29. The highest BCUT2D eigenvalue weighted by atomic mass is 16.2. The van der Waals surface area contributed by atoms with Crippen LogP contribution in [0.3, 0.4) is 0 Å². The number of hydrogen-bond acceptors (Lipinski definition) is 3. The van der Waals surface area contributed by atoms with Crippen LogP contribution in [0, 0.1) is 12.8 Å². The van der Waals surface area contributed by atoms with Crippen molar-refractivity contribution in [2.45, 2.75) is 26.3 Å². The highest BCUT2D eigenvalue weighted by molar-refractivity contribution is 5.94. The number of rotatable bonds is 5. The first-order valence-electron chi connectivity index (χ1n) is 7.73. The molecule has 0 bridgehead atoms. The molecule has 0 unspecified atom stereocenters. The fourth-order valence-corrected chi connectivity index (χ4v) is 2.29. The first-order valence-corrected chi connectivity index (χ1v) is 7.73. The molecule has 1 heterocycles. The SMILES string of the molecule is Cc1cccc(C(=O)NCc2cccc(NC(=O)C3CC3)c2)n1. The third-order valence-corrected chi connectivity index (χ3v) is 3.72. The van der Waals surface area contributed by atoms with Gasteiger partial charge in [0.1, 0.15) is 5.69 Å². The van der Waals surface area contributed by atoms with E-state index >= 15 is 0 Å². The van der Waals surface area contributed by atoms with E-state index in [9.17, 15) is 9.59 Å². The Balaban J connectivity index is 1.59. The van der Waals surface area contributed by atoms with Crippen LogP contribution in [0.1, 0.15) is 34.6 Å². The Kier molecular flexibility index (Phi) is 4.37. The van der Waals surface area contributed by atoms with Crippen LogP contribution in [0.5, 0.6) is 0 Å². The first-order chi connectivity index (χ1) is 11.1. The molecule has 2 N–H and O–H groups in total. The summed E-state index contributed by atoms with van der Waals surface area (Å²) in [6, 6.07) is 12.9. The van der Waals surface area contributed by atoms with Gasteiger partial charge in [-0.1, -0.05) is 18.2 Å². The van der Waals surface area contributed by atoms with E-state index in [1.807, 2.05) is 43.3 Å². The van der Waals surface area contributed by atoms with E-state index < -0.39 is 0 Å². The number of nitrogens with one attached hydrogen (secondary N) is 2. The first kappa shape index (κ1) is 15.2. The lowest BCUT2D eigenvalue weighted by molar-refractivity contribution is -0.117. The van der Waals surface area contributed by atoms with Gasteiger partial charge in [-0.05, 0) is 49.6 Å². The largest absolute Gasteiger partial charge is 0.347 e. The Labute approximate surface area is 135 Å². The summed E-state index contributed by atoms with van der Waals surface area (Å²) in [5.41, 5.74) is 2.91. The number of anilines is 1. The maximum atomic E-state index is 12.1. The number of amides is 2.